The summed E-state index contributed by atoms with van der Waals surface area (Å²) in [6.45, 7) is 1.74. The molecular weight excluding hydrogens is 915 g/mol. The van der Waals surface area contributed by atoms with Gasteiger partial charge in [0.1, 0.15) is 73.2 Å². The molecule has 0 bridgehead atoms. The molecule has 0 spiro atoms. The molecule has 0 radical (unpaired) electrons. The summed E-state index contributed by atoms with van der Waals surface area (Å²) in [6.07, 6.45) is 3.66. The van der Waals surface area contributed by atoms with Crippen molar-refractivity contribution in [1.82, 2.24) is 5.32 Å². The maximum Gasteiger partial charge on any atom is 0.220 e. The van der Waals surface area contributed by atoms with Gasteiger partial charge in [-0.05, 0) is 12.8 Å². The van der Waals surface area contributed by atoms with Crippen molar-refractivity contribution < 1.29 is 89.4 Å². The molecule has 3 aliphatic rings. The third-order valence-corrected chi connectivity index (χ3v) is 14.2. The van der Waals surface area contributed by atoms with Crippen LogP contribution in [0.25, 0.3) is 0 Å². The highest BCUT2D eigenvalue weighted by Gasteiger charge is 2.53. The highest BCUT2D eigenvalue weighted by atomic mass is 16.8. The first-order chi connectivity index (χ1) is 33.8. The molecule has 0 aromatic carbocycles. The van der Waals surface area contributed by atoms with Gasteiger partial charge < -0.3 is 89.9 Å². The van der Waals surface area contributed by atoms with Gasteiger partial charge in [0.2, 0.25) is 5.91 Å². The molecule has 17 unspecified atom stereocenters. The van der Waals surface area contributed by atoms with Crippen molar-refractivity contribution in [2.75, 3.05) is 26.4 Å². The molecular formula is C51H97NO18. The third-order valence-electron chi connectivity index (χ3n) is 14.2. The van der Waals surface area contributed by atoms with Gasteiger partial charge in [-0.15, -0.1) is 0 Å². The number of amides is 1. The SMILES string of the molecule is CCCCCCCCCCCCCCCCCCCC(O)C(COC1OC(CO)C(OC2OC(CO)C(OC3OC(CO)C(O)C(O)C3O)C(O)C2O)C(O)C1O)NC(=O)CCCCCCCCCC. The summed E-state index contributed by atoms with van der Waals surface area (Å²) in [6, 6.07) is -0.877. The van der Waals surface area contributed by atoms with E-state index >= 15 is 0 Å². The zero-order valence-corrected chi connectivity index (χ0v) is 42.5. The van der Waals surface area contributed by atoms with Crippen LogP contribution in [-0.4, -0.2) is 193 Å². The number of hydrogen-bond acceptors (Lipinski definition) is 18. The summed E-state index contributed by atoms with van der Waals surface area (Å²) >= 11 is 0. The van der Waals surface area contributed by atoms with Gasteiger partial charge in [-0.2, -0.15) is 0 Å². The topological polar surface area (TPSA) is 307 Å². The van der Waals surface area contributed by atoms with E-state index in [1.807, 2.05) is 0 Å². The molecule has 3 rings (SSSR count). The Labute approximate surface area is 417 Å². The highest BCUT2D eigenvalue weighted by molar-refractivity contribution is 5.76. The molecule has 12 N–H and O–H groups in total. The number of carbonyl (C=O) groups is 1. The van der Waals surface area contributed by atoms with E-state index in [0.717, 1.165) is 44.9 Å². The van der Waals surface area contributed by atoms with E-state index in [9.17, 15) is 61.0 Å². The van der Waals surface area contributed by atoms with Gasteiger partial charge in [-0.3, -0.25) is 4.79 Å². The Bertz CT molecular complexity index is 1300. The second-order valence-electron chi connectivity index (χ2n) is 20.1. The Kier molecular flexibility index (Phi) is 33.1. The van der Waals surface area contributed by atoms with Crippen LogP contribution in [0, 0.1) is 0 Å². The van der Waals surface area contributed by atoms with Gasteiger partial charge in [0.05, 0.1) is 38.6 Å². The number of aliphatic hydroxyl groups excluding tert-OH is 11. The van der Waals surface area contributed by atoms with Crippen molar-refractivity contribution in [2.24, 2.45) is 0 Å². The van der Waals surface area contributed by atoms with Gasteiger partial charge in [-0.25, -0.2) is 0 Å². The maximum absolute atomic E-state index is 13.2. The molecule has 3 fully saturated rings. The van der Waals surface area contributed by atoms with Crippen LogP contribution in [0.2, 0.25) is 0 Å². The van der Waals surface area contributed by atoms with Crippen LogP contribution in [0.3, 0.4) is 0 Å². The zero-order valence-electron chi connectivity index (χ0n) is 42.5. The number of ether oxygens (including phenoxy) is 6. The predicted molar refractivity (Wildman–Crippen MR) is 259 cm³/mol. The van der Waals surface area contributed by atoms with Crippen molar-refractivity contribution in [2.45, 2.75) is 291 Å². The van der Waals surface area contributed by atoms with Crippen molar-refractivity contribution >= 4 is 5.91 Å². The monoisotopic (exact) mass is 1010 g/mol. The molecule has 0 aromatic rings. The van der Waals surface area contributed by atoms with E-state index in [1.54, 1.807) is 0 Å². The summed E-state index contributed by atoms with van der Waals surface area (Å²) < 4.78 is 34.2. The number of carbonyl (C=O) groups excluding carboxylic acids is 1. The Morgan fingerprint density at radius 3 is 1.24 bits per heavy atom. The van der Waals surface area contributed by atoms with Crippen LogP contribution in [0.4, 0.5) is 0 Å². The summed E-state index contributed by atoms with van der Waals surface area (Å²) in [5.74, 6) is -0.247. The van der Waals surface area contributed by atoms with Gasteiger partial charge in [-0.1, -0.05) is 168 Å². The lowest BCUT2D eigenvalue weighted by atomic mass is 9.96. The summed E-state index contributed by atoms with van der Waals surface area (Å²) in [5.41, 5.74) is 0. The molecule has 3 saturated heterocycles. The standard InChI is InChI=1S/C51H97NO18/c1-3-5-7-9-11-13-14-15-16-17-18-19-20-21-22-24-26-28-35(56)34(52-39(57)29-27-25-23-12-10-8-6-4-2)33-65-49-45(63)42(60)47(37(31-54)67-49)70-51-46(64)43(61)48(38(32-55)68-51)69-50-44(62)41(59)40(58)36(30-53)66-50/h34-38,40-51,53-56,58-64H,3-33H2,1-2H3,(H,52,57). The number of nitrogens with one attached hydrogen (secondary N) is 1. The Morgan fingerprint density at radius 2 is 0.814 bits per heavy atom. The molecule has 19 nitrogen and oxygen atoms in total. The number of hydrogen-bond donors (Lipinski definition) is 12. The zero-order chi connectivity index (χ0) is 51.3. The Morgan fingerprint density at radius 1 is 0.457 bits per heavy atom. The second-order valence-corrected chi connectivity index (χ2v) is 20.1. The lowest BCUT2D eigenvalue weighted by molar-refractivity contribution is -0.379. The fraction of sp³-hybridized carbons (Fsp3) is 0.980. The first-order valence-electron chi connectivity index (χ1n) is 27.3. The van der Waals surface area contributed by atoms with Crippen LogP contribution >= 0.6 is 0 Å². The molecule has 3 aliphatic heterocycles. The molecule has 3 heterocycles. The van der Waals surface area contributed by atoms with Gasteiger partial charge in [0, 0.05) is 6.42 Å². The molecule has 70 heavy (non-hydrogen) atoms. The van der Waals surface area contributed by atoms with Crippen LogP contribution in [-0.2, 0) is 33.2 Å². The molecule has 19 heteroatoms. The molecule has 1 amide bonds. The smallest absolute Gasteiger partial charge is 0.220 e. The van der Waals surface area contributed by atoms with E-state index in [4.69, 9.17) is 28.4 Å². The number of aliphatic hydroxyl groups is 11. The van der Waals surface area contributed by atoms with Crippen LogP contribution in [0.5, 0.6) is 0 Å². The minimum Gasteiger partial charge on any atom is -0.394 e. The first kappa shape index (κ1) is 63.1. The lowest BCUT2D eigenvalue weighted by Crippen LogP contribution is -2.66. The molecule has 17 atom stereocenters. The van der Waals surface area contributed by atoms with E-state index in [0.29, 0.717) is 12.8 Å². The second kappa shape index (κ2) is 36.7. The van der Waals surface area contributed by atoms with Crippen molar-refractivity contribution in [3.8, 4) is 0 Å². The average molecular weight is 1010 g/mol. The van der Waals surface area contributed by atoms with E-state index in [-0.39, 0.29) is 18.9 Å². The normalized spacial score (nSPS) is 32.5. The number of rotatable bonds is 39. The van der Waals surface area contributed by atoms with Crippen LogP contribution in [0.1, 0.15) is 187 Å². The quantitative estimate of drug-likeness (QED) is 0.0394. The van der Waals surface area contributed by atoms with Crippen molar-refractivity contribution in [3.05, 3.63) is 0 Å². The van der Waals surface area contributed by atoms with Crippen LogP contribution < -0.4 is 5.32 Å². The Balaban J connectivity index is 1.51. The molecule has 0 aromatic heterocycles. The Hall–Kier alpha value is -1.21. The lowest BCUT2D eigenvalue weighted by Gasteiger charge is -2.48. The predicted octanol–water partition coefficient (Wildman–Crippen LogP) is 2.87. The largest absolute Gasteiger partial charge is 0.394 e. The minimum absolute atomic E-state index is 0.247. The minimum atomic E-state index is -1.97. The highest BCUT2D eigenvalue weighted by Crippen LogP contribution is 2.33. The van der Waals surface area contributed by atoms with E-state index in [1.165, 1.54) is 109 Å². The van der Waals surface area contributed by atoms with Gasteiger partial charge in [0.15, 0.2) is 18.9 Å². The fourth-order valence-electron chi connectivity index (χ4n) is 9.61. The van der Waals surface area contributed by atoms with Crippen molar-refractivity contribution in [1.29, 1.82) is 0 Å². The average Bonchev–Trinajstić information content (AvgIpc) is 3.35. The van der Waals surface area contributed by atoms with Crippen molar-refractivity contribution in [3.63, 3.8) is 0 Å². The summed E-state index contributed by atoms with van der Waals surface area (Å²) in [5, 5.41) is 120. The van der Waals surface area contributed by atoms with Gasteiger partial charge in [0.25, 0.3) is 0 Å². The fourth-order valence-corrected chi connectivity index (χ4v) is 9.61. The van der Waals surface area contributed by atoms with Crippen LogP contribution in [0.15, 0.2) is 0 Å². The third kappa shape index (κ3) is 21.9. The van der Waals surface area contributed by atoms with Gasteiger partial charge >= 0.3 is 0 Å². The summed E-state index contributed by atoms with van der Waals surface area (Å²) in [4.78, 5) is 13.2. The first-order valence-corrected chi connectivity index (χ1v) is 27.3. The summed E-state index contributed by atoms with van der Waals surface area (Å²) in [7, 11) is 0. The van der Waals surface area contributed by atoms with E-state index in [2.05, 4.69) is 19.2 Å². The maximum atomic E-state index is 13.2. The number of unbranched alkanes of at least 4 members (excludes halogenated alkanes) is 23. The van der Waals surface area contributed by atoms with E-state index < -0.39 is 124 Å². The molecule has 0 saturated carbocycles. The molecule has 414 valence electrons. The molecule has 0 aliphatic carbocycles.